The van der Waals surface area contributed by atoms with E-state index in [-0.39, 0.29) is 27.9 Å². The third-order valence-electron chi connectivity index (χ3n) is 6.79. The zero-order chi connectivity index (χ0) is 30.1. The molecule has 3 aromatic carbocycles. The number of nitro groups is 1. The van der Waals surface area contributed by atoms with Crippen LogP contribution in [0.5, 0.6) is 0 Å². The molecule has 1 aliphatic rings. The smallest absolute Gasteiger partial charge is 0.293 e. The number of piperazine rings is 1. The molecule has 42 heavy (non-hydrogen) atoms. The van der Waals surface area contributed by atoms with Gasteiger partial charge in [-0.2, -0.15) is 0 Å². The van der Waals surface area contributed by atoms with Crippen LogP contribution in [0.2, 0.25) is 0 Å². The van der Waals surface area contributed by atoms with Crippen molar-refractivity contribution in [2.45, 2.75) is 22.3 Å². The van der Waals surface area contributed by atoms with Gasteiger partial charge in [-0.1, -0.05) is 18.2 Å². The number of nitro benzene ring substituents is 1. The van der Waals surface area contributed by atoms with Crippen molar-refractivity contribution in [3.8, 4) is 0 Å². The van der Waals surface area contributed by atoms with Gasteiger partial charge >= 0.3 is 0 Å². The van der Waals surface area contributed by atoms with Gasteiger partial charge in [0.05, 0.1) is 9.82 Å². The molecule has 1 amide bonds. The number of thioether (sulfide) groups is 1. The summed E-state index contributed by atoms with van der Waals surface area (Å²) in [5.41, 5.74) is 0.946. The number of hydrogen-bond acceptors (Lipinski definition) is 10. The first-order chi connectivity index (χ1) is 20.1. The molecule has 1 atom stereocenters. The summed E-state index contributed by atoms with van der Waals surface area (Å²) >= 11 is 1.63. The Balaban J connectivity index is 1.48. The lowest BCUT2D eigenvalue weighted by Crippen LogP contribution is -2.43. The van der Waals surface area contributed by atoms with Gasteiger partial charge in [-0.15, -0.1) is 11.8 Å². The second kappa shape index (κ2) is 14.5. The van der Waals surface area contributed by atoms with Gasteiger partial charge in [0.25, 0.3) is 21.6 Å². The van der Waals surface area contributed by atoms with Crippen LogP contribution in [0.1, 0.15) is 16.8 Å². The SMILES string of the molecule is CN(C)CC[C@H](CSc1ccccc1)Nc1ccc(S(=O)(=O)NC(=O)c2ccc(N3CCNCC3)cc2)cc1[N+](=O)[O-]. The van der Waals surface area contributed by atoms with E-state index in [0.29, 0.717) is 12.2 Å². The van der Waals surface area contributed by atoms with Crippen LogP contribution in [0.4, 0.5) is 17.1 Å². The molecule has 0 saturated carbocycles. The first-order valence-electron chi connectivity index (χ1n) is 13.6. The maximum absolute atomic E-state index is 13.1. The molecule has 1 fully saturated rings. The summed E-state index contributed by atoms with van der Waals surface area (Å²) in [6.45, 7) is 4.17. The Morgan fingerprint density at radius 1 is 1.07 bits per heavy atom. The average Bonchev–Trinajstić information content (AvgIpc) is 2.99. The van der Waals surface area contributed by atoms with Gasteiger partial charge in [0.15, 0.2) is 0 Å². The predicted molar refractivity (Wildman–Crippen MR) is 167 cm³/mol. The van der Waals surface area contributed by atoms with Crippen molar-refractivity contribution in [1.82, 2.24) is 14.9 Å². The van der Waals surface area contributed by atoms with E-state index in [1.54, 1.807) is 36.0 Å². The Morgan fingerprint density at radius 3 is 2.40 bits per heavy atom. The van der Waals surface area contributed by atoms with Crippen molar-refractivity contribution >= 4 is 44.8 Å². The van der Waals surface area contributed by atoms with Crippen molar-refractivity contribution in [3.05, 3.63) is 88.5 Å². The molecular weight excluding hydrogens is 576 g/mol. The van der Waals surface area contributed by atoms with Crippen LogP contribution in [-0.4, -0.2) is 82.8 Å². The molecule has 0 aliphatic carbocycles. The van der Waals surface area contributed by atoms with Gasteiger partial charge in [-0.25, -0.2) is 13.1 Å². The number of anilines is 2. The third kappa shape index (κ3) is 8.68. The van der Waals surface area contributed by atoms with Gasteiger partial charge in [0.2, 0.25) is 0 Å². The molecule has 3 N–H and O–H groups in total. The summed E-state index contributed by atoms with van der Waals surface area (Å²) in [5.74, 6) is -0.160. The summed E-state index contributed by atoms with van der Waals surface area (Å²) in [6.07, 6.45) is 0.716. The molecule has 13 heteroatoms. The lowest BCUT2D eigenvalue weighted by Gasteiger charge is -2.29. The van der Waals surface area contributed by atoms with E-state index in [4.69, 9.17) is 0 Å². The van der Waals surface area contributed by atoms with Gasteiger partial charge < -0.3 is 20.4 Å². The molecule has 0 aromatic heterocycles. The van der Waals surface area contributed by atoms with E-state index in [1.807, 2.05) is 54.0 Å². The molecule has 0 radical (unpaired) electrons. The molecule has 0 unspecified atom stereocenters. The highest BCUT2D eigenvalue weighted by atomic mass is 32.2. The van der Waals surface area contributed by atoms with Gasteiger partial charge in [0, 0.05) is 60.2 Å². The topological polar surface area (TPSA) is 137 Å². The maximum atomic E-state index is 13.1. The van der Waals surface area contributed by atoms with E-state index < -0.39 is 20.9 Å². The van der Waals surface area contributed by atoms with E-state index in [2.05, 4.69) is 15.5 Å². The summed E-state index contributed by atoms with van der Waals surface area (Å²) in [5, 5.41) is 18.5. The highest BCUT2D eigenvalue weighted by Crippen LogP contribution is 2.30. The molecule has 11 nitrogen and oxygen atoms in total. The number of nitrogens with zero attached hydrogens (tertiary/aromatic N) is 3. The Morgan fingerprint density at radius 2 is 1.76 bits per heavy atom. The number of carbonyl (C=O) groups is 1. The van der Waals surface area contributed by atoms with Gasteiger partial charge in [-0.3, -0.25) is 14.9 Å². The van der Waals surface area contributed by atoms with E-state index >= 15 is 0 Å². The summed E-state index contributed by atoms with van der Waals surface area (Å²) in [7, 11) is -0.455. The number of sulfonamides is 1. The van der Waals surface area contributed by atoms with Crippen LogP contribution in [0.25, 0.3) is 0 Å². The minimum atomic E-state index is -4.37. The minimum Gasteiger partial charge on any atom is -0.376 e. The van der Waals surface area contributed by atoms with Crippen molar-refractivity contribution in [2.24, 2.45) is 0 Å². The molecule has 3 aromatic rings. The van der Waals surface area contributed by atoms with Crippen molar-refractivity contribution < 1.29 is 18.1 Å². The lowest BCUT2D eigenvalue weighted by molar-refractivity contribution is -0.384. The van der Waals surface area contributed by atoms with Crippen LogP contribution < -0.4 is 20.3 Å². The van der Waals surface area contributed by atoms with Crippen LogP contribution in [0.15, 0.2) is 82.6 Å². The van der Waals surface area contributed by atoms with Gasteiger partial charge in [0.1, 0.15) is 5.69 Å². The lowest BCUT2D eigenvalue weighted by atomic mass is 10.2. The van der Waals surface area contributed by atoms with E-state index in [1.165, 1.54) is 12.1 Å². The molecular formula is C29H36N6O5S2. The zero-order valence-electron chi connectivity index (χ0n) is 23.7. The zero-order valence-corrected chi connectivity index (χ0v) is 25.3. The highest BCUT2D eigenvalue weighted by molar-refractivity contribution is 7.99. The minimum absolute atomic E-state index is 0.123. The summed E-state index contributed by atoms with van der Waals surface area (Å²) < 4.78 is 28.2. The molecule has 224 valence electrons. The Labute approximate surface area is 250 Å². The van der Waals surface area contributed by atoms with Crippen LogP contribution >= 0.6 is 11.8 Å². The fourth-order valence-corrected chi connectivity index (χ4v) is 6.47. The number of benzene rings is 3. The molecule has 0 bridgehead atoms. The molecule has 4 rings (SSSR count). The quantitative estimate of drug-likeness (QED) is 0.149. The van der Waals surface area contributed by atoms with Crippen LogP contribution in [0.3, 0.4) is 0 Å². The van der Waals surface area contributed by atoms with E-state index in [0.717, 1.165) is 49.4 Å². The van der Waals surface area contributed by atoms with E-state index in [9.17, 15) is 23.3 Å². The summed E-state index contributed by atoms with van der Waals surface area (Å²) in [6, 6.07) is 20.1. The first kappa shape index (κ1) is 31.3. The van der Waals surface area contributed by atoms with Gasteiger partial charge in [-0.05, 0) is 75.6 Å². The molecule has 0 spiro atoms. The maximum Gasteiger partial charge on any atom is 0.293 e. The Hall–Kier alpha value is -3.65. The Bertz CT molecular complexity index is 1460. The standard InChI is InChI=1S/C29H36N6O5S2/c1-33(2)17-14-23(21-41-25-6-4-3-5-7-25)31-27-13-12-26(20-28(27)35(37)38)42(39,40)32-29(36)22-8-10-24(11-9-22)34-18-15-30-16-19-34/h3-13,20,23,30-31H,14-19,21H2,1-2H3,(H,32,36)/t23-/m1/s1. The number of carbonyl (C=O) groups excluding carboxylic acids is 1. The Kier molecular flexibility index (Phi) is 10.8. The number of hydrogen-bond donors (Lipinski definition) is 3. The molecule has 1 aliphatic heterocycles. The normalized spacial score (nSPS) is 14.4. The summed E-state index contributed by atoms with van der Waals surface area (Å²) in [4.78, 5) is 29.1. The average molecular weight is 613 g/mol. The first-order valence-corrected chi connectivity index (χ1v) is 16.1. The second-order valence-electron chi connectivity index (χ2n) is 10.2. The van der Waals surface area contributed by atoms with Crippen molar-refractivity contribution in [3.63, 3.8) is 0 Å². The molecule has 1 saturated heterocycles. The number of nitrogens with one attached hydrogen (secondary N) is 3. The fraction of sp³-hybridized carbons (Fsp3) is 0.345. The van der Waals surface area contributed by atoms with Crippen molar-refractivity contribution in [1.29, 1.82) is 0 Å². The third-order valence-corrected chi connectivity index (χ3v) is 9.30. The van der Waals surface area contributed by atoms with Crippen LogP contribution in [-0.2, 0) is 10.0 Å². The van der Waals surface area contributed by atoms with Crippen molar-refractivity contribution in [2.75, 3.05) is 62.8 Å². The predicted octanol–water partition coefficient (Wildman–Crippen LogP) is 3.65. The number of amides is 1. The largest absolute Gasteiger partial charge is 0.376 e. The number of rotatable bonds is 13. The molecule has 1 heterocycles. The second-order valence-corrected chi connectivity index (χ2v) is 13.0. The monoisotopic (exact) mass is 612 g/mol. The fourth-order valence-electron chi connectivity index (χ4n) is 4.48. The van der Waals surface area contributed by atoms with Crippen LogP contribution in [0, 0.1) is 10.1 Å². The highest BCUT2D eigenvalue weighted by Gasteiger charge is 2.25.